The van der Waals surface area contributed by atoms with Crippen molar-refractivity contribution in [2.75, 3.05) is 31.2 Å². The van der Waals surface area contributed by atoms with Crippen LogP contribution in [0.5, 0.6) is 0 Å². The van der Waals surface area contributed by atoms with Crippen LogP contribution in [0.2, 0.25) is 0 Å². The Morgan fingerprint density at radius 2 is 1.83 bits per heavy atom. The fraction of sp³-hybridized carbons (Fsp3) is 0.300. The van der Waals surface area contributed by atoms with Crippen LogP contribution in [0.3, 0.4) is 0 Å². The molecule has 0 spiro atoms. The quantitative estimate of drug-likeness (QED) is 0.862. The Labute approximate surface area is 141 Å². The predicted molar refractivity (Wildman–Crippen MR) is 92.3 cm³/mol. The molecule has 1 heterocycles. The number of halogens is 1. The van der Waals surface area contributed by atoms with Gasteiger partial charge in [0, 0.05) is 18.7 Å². The van der Waals surface area contributed by atoms with Gasteiger partial charge in [0.1, 0.15) is 11.4 Å². The highest BCUT2D eigenvalue weighted by molar-refractivity contribution is 5.51. The number of ether oxygens (including phenoxy) is 1. The van der Waals surface area contributed by atoms with Crippen LogP contribution in [0, 0.1) is 17.7 Å². The maximum atomic E-state index is 14.5. The highest BCUT2D eigenvalue weighted by Gasteiger charge is 2.23. The van der Waals surface area contributed by atoms with Crippen molar-refractivity contribution in [3.8, 4) is 11.8 Å². The van der Waals surface area contributed by atoms with Gasteiger partial charge in [0.05, 0.1) is 18.9 Å². The zero-order chi connectivity index (χ0) is 17.0. The molecule has 1 atom stereocenters. The van der Waals surface area contributed by atoms with Crippen LogP contribution in [-0.4, -0.2) is 31.4 Å². The minimum absolute atomic E-state index is 0.351. The van der Waals surface area contributed by atoms with E-state index in [4.69, 9.17) is 4.74 Å². The van der Waals surface area contributed by atoms with E-state index in [1.54, 1.807) is 19.1 Å². The monoisotopic (exact) mass is 325 g/mol. The summed E-state index contributed by atoms with van der Waals surface area (Å²) in [5, 5.41) is 10.6. The Morgan fingerprint density at radius 3 is 2.50 bits per heavy atom. The van der Waals surface area contributed by atoms with E-state index in [1.165, 1.54) is 6.07 Å². The van der Waals surface area contributed by atoms with Crippen LogP contribution in [0.15, 0.2) is 48.5 Å². The molecule has 1 aliphatic rings. The molecule has 1 saturated heterocycles. The van der Waals surface area contributed by atoms with Crippen LogP contribution in [-0.2, 0) is 10.3 Å². The number of morpholine rings is 1. The summed E-state index contributed by atoms with van der Waals surface area (Å²) in [6.45, 7) is 4.11. The summed E-state index contributed by atoms with van der Waals surface area (Å²) >= 11 is 0. The van der Waals surface area contributed by atoms with Gasteiger partial charge < -0.3 is 14.7 Å². The van der Waals surface area contributed by atoms with Gasteiger partial charge in [-0.25, -0.2) is 4.39 Å². The smallest absolute Gasteiger partial charge is 0.148 e. The number of benzene rings is 2. The zero-order valence-corrected chi connectivity index (χ0v) is 13.6. The van der Waals surface area contributed by atoms with Crippen LogP contribution < -0.4 is 4.90 Å². The van der Waals surface area contributed by atoms with Gasteiger partial charge in [-0.05, 0) is 36.8 Å². The van der Waals surface area contributed by atoms with E-state index < -0.39 is 5.60 Å². The summed E-state index contributed by atoms with van der Waals surface area (Å²) in [7, 11) is 0. The third kappa shape index (κ3) is 3.76. The second kappa shape index (κ2) is 7.04. The Morgan fingerprint density at radius 1 is 1.12 bits per heavy atom. The van der Waals surface area contributed by atoms with Crippen molar-refractivity contribution >= 4 is 5.69 Å². The van der Waals surface area contributed by atoms with Gasteiger partial charge in [0.25, 0.3) is 0 Å². The minimum Gasteiger partial charge on any atom is -0.378 e. The first-order chi connectivity index (χ1) is 11.6. The van der Waals surface area contributed by atoms with Gasteiger partial charge >= 0.3 is 0 Å². The highest BCUT2D eigenvalue weighted by Crippen LogP contribution is 2.27. The molecule has 0 unspecified atom stereocenters. The standard InChI is InChI=1S/C20H20FNO2/c1-20(23,10-9-16-5-3-2-4-6-16)17-7-8-19(18(21)15-17)22-11-13-24-14-12-22/h2-8,15,23H,11-14H2,1H3/t20-/m0/s1. The van der Waals surface area contributed by atoms with Crippen molar-refractivity contribution in [1.82, 2.24) is 0 Å². The van der Waals surface area contributed by atoms with Crippen molar-refractivity contribution < 1.29 is 14.2 Å². The zero-order valence-electron chi connectivity index (χ0n) is 13.6. The average Bonchev–Trinajstić information content (AvgIpc) is 2.61. The van der Waals surface area contributed by atoms with Gasteiger partial charge in [0.15, 0.2) is 0 Å². The molecule has 124 valence electrons. The molecule has 0 amide bonds. The molecule has 0 radical (unpaired) electrons. The van der Waals surface area contributed by atoms with E-state index in [2.05, 4.69) is 11.8 Å². The summed E-state index contributed by atoms with van der Waals surface area (Å²) in [5.74, 6) is 5.40. The molecule has 0 aliphatic carbocycles. The molecule has 3 rings (SSSR count). The molecular formula is C20H20FNO2. The van der Waals surface area contributed by atoms with Crippen LogP contribution >= 0.6 is 0 Å². The minimum atomic E-state index is -1.42. The maximum absolute atomic E-state index is 14.5. The average molecular weight is 325 g/mol. The molecule has 0 bridgehead atoms. The highest BCUT2D eigenvalue weighted by atomic mass is 19.1. The first-order valence-corrected chi connectivity index (χ1v) is 7.99. The normalized spacial score (nSPS) is 16.9. The molecule has 3 nitrogen and oxygen atoms in total. The third-order valence-electron chi connectivity index (χ3n) is 4.09. The molecule has 0 aromatic heterocycles. The van der Waals surface area contributed by atoms with E-state index in [-0.39, 0.29) is 5.82 Å². The largest absolute Gasteiger partial charge is 0.378 e. The van der Waals surface area contributed by atoms with E-state index in [0.717, 1.165) is 5.56 Å². The van der Waals surface area contributed by atoms with Crippen molar-refractivity contribution in [3.05, 3.63) is 65.5 Å². The topological polar surface area (TPSA) is 32.7 Å². The molecule has 2 aromatic carbocycles. The second-order valence-electron chi connectivity index (χ2n) is 5.95. The lowest BCUT2D eigenvalue weighted by Crippen LogP contribution is -2.36. The van der Waals surface area contributed by atoms with Gasteiger partial charge in [-0.15, -0.1) is 0 Å². The number of hydrogen-bond acceptors (Lipinski definition) is 3. The fourth-order valence-corrected chi connectivity index (χ4v) is 2.66. The molecular weight excluding hydrogens is 305 g/mol. The first-order valence-electron chi connectivity index (χ1n) is 7.99. The Bertz CT molecular complexity index is 756. The van der Waals surface area contributed by atoms with Crippen molar-refractivity contribution in [3.63, 3.8) is 0 Å². The van der Waals surface area contributed by atoms with Crippen molar-refractivity contribution in [2.24, 2.45) is 0 Å². The van der Waals surface area contributed by atoms with Gasteiger partial charge in [-0.1, -0.05) is 36.1 Å². The SMILES string of the molecule is C[C@](O)(C#Cc1ccccc1)c1ccc(N2CCOCC2)c(F)c1. The molecule has 1 fully saturated rings. The second-order valence-corrected chi connectivity index (χ2v) is 5.95. The maximum Gasteiger partial charge on any atom is 0.148 e. The number of rotatable bonds is 2. The number of aliphatic hydroxyl groups is 1. The van der Waals surface area contributed by atoms with Crippen LogP contribution in [0.25, 0.3) is 0 Å². The van der Waals surface area contributed by atoms with E-state index in [0.29, 0.717) is 37.6 Å². The molecule has 1 N–H and O–H groups in total. The molecule has 2 aromatic rings. The summed E-state index contributed by atoms with van der Waals surface area (Å²) in [4.78, 5) is 1.95. The summed E-state index contributed by atoms with van der Waals surface area (Å²) in [6.07, 6.45) is 0. The number of nitrogens with zero attached hydrogens (tertiary/aromatic N) is 1. The summed E-state index contributed by atoms with van der Waals surface area (Å²) in [6, 6.07) is 14.2. The van der Waals surface area contributed by atoms with Crippen molar-refractivity contribution in [1.29, 1.82) is 0 Å². The Kier molecular flexibility index (Phi) is 4.84. The fourth-order valence-electron chi connectivity index (χ4n) is 2.66. The third-order valence-corrected chi connectivity index (χ3v) is 4.09. The molecule has 0 saturated carbocycles. The molecule has 1 aliphatic heterocycles. The van der Waals surface area contributed by atoms with Gasteiger partial charge in [-0.2, -0.15) is 0 Å². The first kappa shape index (κ1) is 16.5. The summed E-state index contributed by atoms with van der Waals surface area (Å²) < 4.78 is 19.8. The van der Waals surface area contributed by atoms with Gasteiger partial charge in [-0.3, -0.25) is 0 Å². The van der Waals surface area contributed by atoms with Crippen molar-refractivity contribution in [2.45, 2.75) is 12.5 Å². The van der Waals surface area contributed by atoms with Crippen LogP contribution in [0.1, 0.15) is 18.1 Å². The van der Waals surface area contributed by atoms with Gasteiger partial charge in [0.2, 0.25) is 0 Å². The Balaban J connectivity index is 1.83. The number of hydrogen-bond donors (Lipinski definition) is 1. The van der Waals surface area contributed by atoms with E-state index in [9.17, 15) is 9.50 Å². The summed E-state index contributed by atoms with van der Waals surface area (Å²) in [5.41, 5.74) is 0.373. The van der Waals surface area contributed by atoms with E-state index >= 15 is 0 Å². The predicted octanol–water partition coefficient (Wildman–Crippen LogP) is 2.92. The number of anilines is 1. The molecule has 24 heavy (non-hydrogen) atoms. The Hall–Kier alpha value is -2.35. The molecule has 4 heteroatoms. The van der Waals surface area contributed by atoms with Crippen LogP contribution in [0.4, 0.5) is 10.1 Å². The lowest BCUT2D eigenvalue weighted by molar-refractivity contribution is 0.120. The lowest BCUT2D eigenvalue weighted by Gasteiger charge is -2.29. The van der Waals surface area contributed by atoms with E-state index in [1.807, 2.05) is 35.2 Å². The lowest BCUT2D eigenvalue weighted by atomic mass is 9.95.